The van der Waals surface area contributed by atoms with E-state index in [1.807, 2.05) is 0 Å². The number of aliphatic hydroxyl groups is 1. The molecule has 0 unspecified atom stereocenters. The first kappa shape index (κ1) is 52.8. The van der Waals surface area contributed by atoms with Gasteiger partial charge in [0.1, 0.15) is 36.3 Å². The molecule has 61 heavy (non-hydrogen) atoms. The van der Waals surface area contributed by atoms with Crippen LogP contribution in [0.4, 0.5) is 0 Å². The third-order valence-electron chi connectivity index (χ3n) is 9.23. The van der Waals surface area contributed by atoms with E-state index in [2.05, 4.69) is 37.2 Å². The maximum Gasteiger partial charge on any atom is 0.326 e. The summed E-state index contributed by atoms with van der Waals surface area (Å²) in [6.07, 6.45) is -0.916. The Labute approximate surface area is 351 Å². The van der Waals surface area contributed by atoms with E-state index < -0.39 is 140 Å². The zero-order valence-electron chi connectivity index (χ0n) is 34.3. The molecule has 23 heteroatoms. The summed E-state index contributed by atoms with van der Waals surface area (Å²) in [5, 5.41) is 54.3. The number of unbranched alkanes of at least 4 members (excludes halogenated alkanes) is 1. The van der Waals surface area contributed by atoms with Gasteiger partial charge in [-0.3, -0.25) is 43.2 Å². The van der Waals surface area contributed by atoms with Crippen molar-refractivity contribution in [3.8, 4) is 0 Å². The lowest BCUT2D eigenvalue weighted by Gasteiger charge is -2.28. The molecule has 0 aliphatic rings. The number of benzene rings is 1. The van der Waals surface area contributed by atoms with Crippen LogP contribution in [0.3, 0.4) is 0 Å². The highest BCUT2D eigenvalue weighted by atomic mass is 16.4. The molecule has 1 aromatic carbocycles. The van der Waals surface area contributed by atoms with Gasteiger partial charge in [-0.2, -0.15) is 0 Å². The standard InChI is InChI=1S/C38H59N9O14/c1-4-20(2)31(47-32(54)21(3)40)37(59)43-23(13-14-29(50)51)34(56)46-27(19-48)36(58)45-26(17-30(52)53)33(55)41-18-28(49)42-25(16-22-10-6-5-7-11-22)35(57)44-24(38(60)61)12-8-9-15-39/h5-7,10-11,20-21,23-27,31,48H,4,8-9,12-19,39-40H2,1-3H3,(H,41,55)(H,42,49)(H,43,59)(H,44,57)(H,45,58)(H,46,56)(H,47,54)(H,50,51)(H,52,53)(H,60,61)/t20-,21-,23-,24-,25-,26-,27-,31-/m0/s1. The van der Waals surface area contributed by atoms with Gasteiger partial charge >= 0.3 is 17.9 Å². The molecule has 15 N–H and O–H groups in total. The lowest BCUT2D eigenvalue weighted by atomic mass is 9.97. The summed E-state index contributed by atoms with van der Waals surface area (Å²) in [5.41, 5.74) is 11.7. The van der Waals surface area contributed by atoms with Crippen LogP contribution in [0.5, 0.6) is 0 Å². The van der Waals surface area contributed by atoms with Gasteiger partial charge in [0.05, 0.1) is 25.6 Å². The molecule has 8 atom stereocenters. The van der Waals surface area contributed by atoms with E-state index in [4.69, 9.17) is 11.5 Å². The average Bonchev–Trinajstić information content (AvgIpc) is 3.20. The zero-order chi connectivity index (χ0) is 46.2. The smallest absolute Gasteiger partial charge is 0.326 e. The minimum Gasteiger partial charge on any atom is -0.481 e. The van der Waals surface area contributed by atoms with Crippen molar-refractivity contribution in [3.63, 3.8) is 0 Å². The largest absolute Gasteiger partial charge is 0.481 e. The third-order valence-corrected chi connectivity index (χ3v) is 9.23. The van der Waals surface area contributed by atoms with E-state index in [0.29, 0.717) is 31.4 Å². The highest BCUT2D eigenvalue weighted by Gasteiger charge is 2.34. The molecule has 7 amide bonds. The molecule has 340 valence electrons. The normalized spacial score (nSPS) is 14.8. The Morgan fingerprint density at radius 1 is 0.639 bits per heavy atom. The Hall–Kier alpha value is -6.20. The van der Waals surface area contributed by atoms with Gasteiger partial charge in [-0.1, -0.05) is 50.6 Å². The highest BCUT2D eigenvalue weighted by molar-refractivity contribution is 5.98. The summed E-state index contributed by atoms with van der Waals surface area (Å²) in [4.78, 5) is 126. The number of hydrogen-bond acceptors (Lipinski definition) is 13. The topological polar surface area (TPSA) is 388 Å². The zero-order valence-corrected chi connectivity index (χ0v) is 34.3. The molecule has 0 saturated carbocycles. The van der Waals surface area contributed by atoms with E-state index in [-0.39, 0.29) is 12.8 Å². The molecule has 1 rings (SSSR count). The minimum absolute atomic E-state index is 0.0640. The van der Waals surface area contributed by atoms with Gasteiger partial charge in [-0.15, -0.1) is 0 Å². The average molecular weight is 866 g/mol. The molecule has 0 heterocycles. The second kappa shape index (κ2) is 27.5. The number of carboxylic acid groups (broad SMARTS) is 3. The molecule has 0 aromatic heterocycles. The highest BCUT2D eigenvalue weighted by Crippen LogP contribution is 2.11. The molecular weight excluding hydrogens is 806 g/mol. The fourth-order valence-electron chi connectivity index (χ4n) is 5.52. The minimum atomic E-state index is -1.90. The van der Waals surface area contributed by atoms with Crippen molar-refractivity contribution in [1.29, 1.82) is 0 Å². The van der Waals surface area contributed by atoms with Crippen LogP contribution >= 0.6 is 0 Å². The number of carbonyl (C=O) groups is 10. The first-order valence-corrected chi connectivity index (χ1v) is 19.6. The molecule has 0 fully saturated rings. The third kappa shape index (κ3) is 20.1. The van der Waals surface area contributed by atoms with Gasteiger partial charge in [-0.25, -0.2) is 4.79 Å². The summed E-state index contributed by atoms with van der Waals surface area (Å²) in [5.74, 6) is -11.7. The number of hydrogen-bond donors (Lipinski definition) is 13. The molecule has 0 spiro atoms. The predicted octanol–water partition coefficient (Wildman–Crippen LogP) is -3.81. The number of carbonyl (C=O) groups excluding carboxylic acids is 7. The number of carboxylic acids is 3. The second-order valence-corrected chi connectivity index (χ2v) is 14.3. The monoisotopic (exact) mass is 865 g/mol. The van der Waals surface area contributed by atoms with Crippen LogP contribution in [0.15, 0.2) is 30.3 Å². The number of nitrogens with two attached hydrogens (primary N) is 2. The number of rotatable bonds is 29. The van der Waals surface area contributed by atoms with Crippen LogP contribution in [0.25, 0.3) is 0 Å². The number of amides is 7. The summed E-state index contributed by atoms with van der Waals surface area (Å²) in [6.45, 7) is 3.08. The first-order chi connectivity index (χ1) is 28.7. The molecule has 0 aliphatic heterocycles. The van der Waals surface area contributed by atoms with Gasteiger partial charge in [-0.05, 0) is 50.6 Å². The van der Waals surface area contributed by atoms with Crippen molar-refractivity contribution in [2.75, 3.05) is 19.7 Å². The molecule has 0 bridgehead atoms. The quantitative estimate of drug-likeness (QED) is 0.0343. The second-order valence-electron chi connectivity index (χ2n) is 14.3. The van der Waals surface area contributed by atoms with E-state index in [1.165, 1.54) is 6.92 Å². The number of nitrogens with one attached hydrogen (secondary N) is 7. The Morgan fingerprint density at radius 3 is 1.75 bits per heavy atom. The van der Waals surface area contributed by atoms with Gasteiger partial charge in [0.2, 0.25) is 41.4 Å². The van der Waals surface area contributed by atoms with Crippen LogP contribution in [0, 0.1) is 5.92 Å². The summed E-state index contributed by atoms with van der Waals surface area (Å²) >= 11 is 0. The van der Waals surface area contributed by atoms with Crippen molar-refractivity contribution < 1.29 is 68.4 Å². The van der Waals surface area contributed by atoms with E-state index in [1.54, 1.807) is 44.2 Å². The maximum absolute atomic E-state index is 13.3. The van der Waals surface area contributed by atoms with Gasteiger partial charge in [0.15, 0.2) is 0 Å². The molecule has 1 aromatic rings. The predicted molar refractivity (Wildman–Crippen MR) is 215 cm³/mol. The molecule has 0 saturated heterocycles. The van der Waals surface area contributed by atoms with Gasteiger partial charge in [0, 0.05) is 12.8 Å². The SMILES string of the molecule is CC[C@H](C)[C@H](NC(=O)[C@H](C)N)C(=O)N[C@@H](CCC(=O)O)C(=O)N[C@@H](CO)C(=O)N[C@@H](CC(=O)O)C(=O)NCC(=O)N[C@@H](Cc1ccccc1)C(=O)N[C@@H](CCCCN)C(=O)O. The Bertz CT molecular complexity index is 1680. The van der Waals surface area contributed by atoms with Crippen LogP contribution in [-0.4, -0.2) is 142 Å². The summed E-state index contributed by atoms with van der Waals surface area (Å²) in [6, 6.07) is -1.84. The van der Waals surface area contributed by atoms with Gasteiger partial charge < -0.3 is 69.1 Å². The van der Waals surface area contributed by atoms with Crippen molar-refractivity contribution in [2.45, 2.75) is 114 Å². The Balaban J connectivity index is 3.14. The summed E-state index contributed by atoms with van der Waals surface area (Å²) < 4.78 is 0. The molecule has 23 nitrogen and oxygen atoms in total. The van der Waals surface area contributed by atoms with Crippen LogP contribution in [0.2, 0.25) is 0 Å². The fourth-order valence-corrected chi connectivity index (χ4v) is 5.52. The molecule has 0 radical (unpaired) electrons. The van der Waals surface area contributed by atoms with Crippen LogP contribution < -0.4 is 48.7 Å². The van der Waals surface area contributed by atoms with Crippen molar-refractivity contribution in [3.05, 3.63) is 35.9 Å². The first-order valence-electron chi connectivity index (χ1n) is 19.6. The fraction of sp³-hybridized carbons (Fsp3) is 0.579. The van der Waals surface area contributed by atoms with Crippen molar-refractivity contribution in [2.24, 2.45) is 17.4 Å². The van der Waals surface area contributed by atoms with E-state index in [0.717, 1.165) is 0 Å². The molecular formula is C38H59N9O14. The number of aliphatic carboxylic acids is 3. The van der Waals surface area contributed by atoms with Crippen LogP contribution in [-0.2, 0) is 54.4 Å². The summed E-state index contributed by atoms with van der Waals surface area (Å²) in [7, 11) is 0. The van der Waals surface area contributed by atoms with Gasteiger partial charge in [0.25, 0.3) is 0 Å². The Kier molecular flexibility index (Phi) is 23.8. The van der Waals surface area contributed by atoms with E-state index >= 15 is 0 Å². The Morgan fingerprint density at radius 2 is 1.21 bits per heavy atom. The maximum atomic E-state index is 13.3. The van der Waals surface area contributed by atoms with Crippen LogP contribution in [0.1, 0.15) is 71.3 Å². The van der Waals surface area contributed by atoms with E-state index in [9.17, 15) is 68.4 Å². The lowest BCUT2D eigenvalue weighted by Crippen LogP contribution is -2.60. The molecule has 0 aliphatic carbocycles. The number of aliphatic hydroxyl groups excluding tert-OH is 1. The van der Waals surface area contributed by atoms with Crippen molar-refractivity contribution >= 4 is 59.3 Å². The van der Waals surface area contributed by atoms with Crippen molar-refractivity contribution in [1.82, 2.24) is 37.2 Å². The lowest BCUT2D eigenvalue weighted by molar-refractivity contribution is -0.142.